The molecular weight excluding hydrogens is 375 g/mol. The number of hydrogen-bond acceptors (Lipinski definition) is 2. The highest BCUT2D eigenvalue weighted by Gasteiger charge is 2.12. The maximum atomic E-state index is 13.6. The maximum absolute atomic E-state index is 13.6. The third-order valence-corrected chi connectivity index (χ3v) is 3.53. The van der Waals surface area contributed by atoms with Crippen LogP contribution in [0.25, 0.3) is 0 Å². The normalized spacial score (nSPS) is 10.7. The minimum absolute atomic E-state index is 0.0262. The van der Waals surface area contributed by atoms with E-state index < -0.39 is 11.6 Å². The summed E-state index contributed by atoms with van der Waals surface area (Å²) in [6.45, 7) is -0.0262. The zero-order valence-electron chi connectivity index (χ0n) is 9.85. The van der Waals surface area contributed by atoms with Crippen LogP contribution in [0.2, 0.25) is 10.0 Å². The van der Waals surface area contributed by atoms with Gasteiger partial charge in [-0.05, 0) is 24.3 Å². The van der Waals surface area contributed by atoms with E-state index in [0.29, 0.717) is 15.1 Å². The van der Waals surface area contributed by atoms with E-state index in [0.717, 1.165) is 12.1 Å². The van der Waals surface area contributed by atoms with Crippen molar-refractivity contribution < 1.29 is 13.9 Å². The van der Waals surface area contributed by atoms with Crippen molar-refractivity contribution in [1.82, 2.24) is 0 Å². The predicted octanol–water partition coefficient (Wildman–Crippen LogP) is 5.35. The van der Waals surface area contributed by atoms with Crippen molar-refractivity contribution in [2.45, 2.75) is 6.54 Å². The Balaban J connectivity index is 2.26. The molecule has 0 saturated heterocycles. The number of rotatable bonds is 3. The average molecular weight is 383 g/mol. The van der Waals surface area contributed by atoms with Crippen LogP contribution < -0.4 is 5.32 Å². The first-order valence-corrected chi connectivity index (χ1v) is 6.98. The van der Waals surface area contributed by atoms with Crippen LogP contribution in [0.3, 0.4) is 0 Å². The molecule has 0 unspecified atom stereocenters. The largest absolute Gasteiger partial charge is 0.506 e. The van der Waals surface area contributed by atoms with Gasteiger partial charge in [-0.2, -0.15) is 0 Å². The molecule has 0 aromatic heterocycles. The van der Waals surface area contributed by atoms with E-state index in [2.05, 4.69) is 21.2 Å². The summed E-state index contributed by atoms with van der Waals surface area (Å²) in [7, 11) is 0. The van der Waals surface area contributed by atoms with E-state index in [-0.39, 0.29) is 23.0 Å². The summed E-state index contributed by atoms with van der Waals surface area (Å²) in [6.07, 6.45) is 0. The molecule has 0 heterocycles. The Morgan fingerprint density at radius 2 is 1.70 bits per heavy atom. The van der Waals surface area contributed by atoms with Crippen LogP contribution in [-0.4, -0.2) is 5.11 Å². The lowest BCUT2D eigenvalue weighted by molar-refractivity contribution is 0.469. The van der Waals surface area contributed by atoms with Crippen molar-refractivity contribution in [2.75, 3.05) is 5.32 Å². The van der Waals surface area contributed by atoms with Gasteiger partial charge in [0.15, 0.2) is 0 Å². The number of hydrogen-bond donors (Lipinski definition) is 2. The molecule has 2 aromatic carbocycles. The molecule has 7 heteroatoms. The van der Waals surface area contributed by atoms with Crippen molar-refractivity contribution in [3.05, 3.63) is 56.0 Å². The monoisotopic (exact) mass is 381 g/mol. The van der Waals surface area contributed by atoms with E-state index in [1.165, 1.54) is 12.1 Å². The van der Waals surface area contributed by atoms with Crippen molar-refractivity contribution >= 4 is 44.8 Å². The van der Waals surface area contributed by atoms with Gasteiger partial charge in [0.1, 0.15) is 23.1 Å². The quantitative estimate of drug-likeness (QED) is 0.749. The number of anilines is 1. The molecule has 0 spiro atoms. The van der Waals surface area contributed by atoms with Gasteiger partial charge in [0.25, 0.3) is 0 Å². The van der Waals surface area contributed by atoms with Gasteiger partial charge >= 0.3 is 0 Å². The van der Waals surface area contributed by atoms with E-state index >= 15 is 0 Å². The predicted molar refractivity (Wildman–Crippen MR) is 79.5 cm³/mol. The highest BCUT2D eigenvalue weighted by atomic mass is 79.9. The second-order valence-electron chi connectivity index (χ2n) is 3.99. The third-order valence-electron chi connectivity index (χ3n) is 2.57. The highest BCUT2D eigenvalue weighted by Crippen LogP contribution is 2.32. The van der Waals surface area contributed by atoms with Gasteiger partial charge in [0, 0.05) is 21.6 Å². The molecule has 106 valence electrons. The van der Waals surface area contributed by atoms with Crippen LogP contribution in [0.4, 0.5) is 14.5 Å². The van der Waals surface area contributed by atoms with Gasteiger partial charge in [-0.25, -0.2) is 8.78 Å². The molecule has 2 N–H and O–H groups in total. The molecule has 0 radical (unpaired) electrons. The number of aromatic hydroxyl groups is 1. The second kappa shape index (κ2) is 6.16. The van der Waals surface area contributed by atoms with Crippen molar-refractivity contribution in [2.24, 2.45) is 0 Å². The average Bonchev–Trinajstić information content (AvgIpc) is 2.33. The number of nitrogens with one attached hydrogen (secondary N) is 1. The fourth-order valence-corrected chi connectivity index (χ4v) is 2.59. The van der Waals surface area contributed by atoms with Crippen molar-refractivity contribution in [3.63, 3.8) is 0 Å². The van der Waals surface area contributed by atoms with Crippen LogP contribution in [-0.2, 0) is 6.54 Å². The summed E-state index contributed by atoms with van der Waals surface area (Å²) in [5, 5.41) is 12.7. The van der Waals surface area contributed by atoms with Crippen molar-refractivity contribution in [1.29, 1.82) is 0 Å². The number of benzene rings is 2. The molecule has 0 aliphatic carbocycles. The number of halogens is 5. The van der Waals surface area contributed by atoms with Crippen LogP contribution in [0.15, 0.2) is 28.7 Å². The minimum Gasteiger partial charge on any atom is -0.506 e. The van der Waals surface area contributed by atoms with E-state index in [4.69, 9.17) is 23.2 Å². The number of phenols is 1. The van der Waals surface area contributed by atoms with E-state index in [1.807, 2.05) is 0 Å². The van der Waals surface area contributed by atoms with E-state index in [1.54, 1.807) is 0 Å². The Morgan fingerprint density at radius 1 is 1.10 bits per heavy atom. The van der Waals surface area contributed by atoms with Gasteiger partial charge in [0.05, 0.1) is 5.02 Å². The molecule has 0 bridgehead atoms. The lowest BCUT2D eigenvalue weighted by Gasteiger charge is -2.11. The fourth-order valence-electron chi connectivity index (χ4n) is 1.65. The molecule has 0 saturated carbocycles. The fraction of sp³-hybridized carbons (Fsp3) is 0.0769. The van der Waals surface area contributed by atoms with Crippen LogP contribution in [0.1, 0.15) is 5.56 Å². The molecule has 0 aliphatic rings. The molecule has 2 aromatic rings. The van der Waals surface area contributed by atoms with Gasteiger partial charge in [-0.1, -0.05) is 39.1 Å². The molecule has 0 aliphatic heterocycles. The molecule has 2 rings (SSSR count). The summed E-state index contributed by atoms with van der Waals surface area (Å²) >= 11 is 14.6. The highest BCUT2D eigenvalue weighted by molar-refractivity contribution is 9.10. The van der Waals surface area contributed by atoms with E-state index in [9.17, 15) is 13.9 Å². The smallest absolute Gasteiger partial charge is 0.150 e. The van der Waals surface area contributed by atoms with Crippen LogP contribution in [0, 0.1) is 11.6 Å². The Kier molecular flexibility index (Phi) is 4.73. The zero-order valence-corrected chi connectivity index (χ0v) is 13.0. The Morgan fingerprint density at radius 3 is 2.30 bits per heavy atom. The van der Waals surface area contributed by atoms with Gasteiger partial charge in [-0.3, -0.25) is 0 Å². The number of phenolic OH excluding ortho intramolecular Hbond substituents is 1. The first kappa shape index (κ1) is 15.4. The SMILES string of the molecule is Oc1c(Cl)cc(Cl)cc1CNc1c(F)cc(Br)cc1F. The second-order valence-corrected chi connectivity index (χ2v) is 5.75. The molecule has 20 heavy (non-hydrogen) atoms. The topological polar surface area (TPSA) is 32.3 Å². The Labute approximate surface area is 132 Å². The van der Waals surface area contributed by atoms with Crippen LogP contribution in [0.5, 0.6) is 5.75 Å². The maximum Gasteiger partial charge on any atom is 0.150 e. The van der Waals surface area contributed by atoms with Gasteiger partial charge in [-0.15, -0.1) is 0 Å². The Bertz CT molecular complexity index is 644. The summed E-state index contributed by atoms with van der Waals surface area (Å²) in [6, 6.07) is 5.11. The molecule has 0 amide bonds. The minimum atomic E-state index is -0.746. The first-order chi connectivity index (χ1) is 9.38. The van der Waals surface area contributed by atoms with Crippen LogP contribution >= 0.6 is 39.1 Å². The zero-order chi connectivity index (χ0) is 14.9. The summed E-state index contributed by atoms with van der Waals surface area (Å²) in [4.78, 5) is 0. The summed E-state index contributed by atoms with van der Waals surface area (Å²) < 4.78 is 27.5. The molecule has 0 fully saturated rings. The third kappa shape index (κ3) is 3.34. The Hall–Kier alpha value is -1.04. The molecular formula is C13H8BrCl2F2NO. The van der Waals surface area contributed by atoms with Gasteiger partial charge < -0.3 is 10.4 Å². The lowest BCUT2D eigenvalue weighted by atomic mass is 10.2. The summed E-state index contributed by atoms with van der Waals surface area (Å²) in [5.74, 6) is -1.67. The molecule has 0 atom stereocenters. The lowest BCUT2D eigenvalue weighted by Crippen LogP contribution is -2.04. The summed E-state index contributed by atoms with van der Waals surface area (Å²) in [5.41, 5.74) is 0.0490. The molecule has 2 nitrogen and oxygen atoms in total. The standard InChI is InChI=1S/C13H8BrCl2F2NO/c14-7-2-10(17)12(11(18)3-7)19-5-6-1-8(15)4-9(16)13(6)20/h1-4,19-20H,5H2. The first-order valence-electron chi connectivity index (χ1n) is 5.44. The van der Waals surface area contributed by atoms with Gasteiger partial charge in [0.2, 0.25) is 0 Å². The van der Waals surface area contributed by atoms with Crippen molar-refractivity contribution in [3.8, 4) is 5.75 Å².